The van der Waals surface area contributed by atoms with Gasteiger partial charge in [0.15, 0.2) is 0 Å². The van der Waals surface area contributed by atoms with Crippen molar-refractivity contribution in [1.82, 2.24) is 9.80 Å². The van der Waals surface area contributed by atoms with E-state index < -0.39 is 0 Å². The third-order valence-corrected chi connectivity index (χ3v) is 3.76. The van der Waals surface area contributed by atoms with E-state index in [1.165, 1.54) is 0 Å². The summed E-state index contributed by atoms with van der Waals surface area (Å²) in [7, 11) is 0. The molecule has 1 unspecified atom stereocenters. The van der Waals surface area contributed by atoms with Crippen LogP contribution < -0.4 is 0 Å². The van der Waals surface area contributed by atoms with Crippen LogP contribution in [0.1, 0.15) is 12.7 Å². The van der Waals surface area contributed by atoms with Crippen LogP contribution in [0.4, 0.5) is 0 Å². The zero-order valence-corrected chi connectivity index (χ0v) is 11.4. The van der Waals surface area contributed by atoms with E-state index in [4.69, 9.17) is 16.0 Å². The van der Waals surface area contributed by atoms with Crippen molar-refractivity contribution in [1.29, 1.82) is 0 Å². The first-order valence-electron chi connectivity index (χ1n) is 6.30. The molecule has 0 radical (unpaired) electrons. The second-order valence-electron chi connectivity index (χ2n) is 4.74. The number of halogens is 1. The van der Waals surface area contributed by atoms with E-state index in [-0.39, 0.29) is 11.8 Å². The number of nitrogens with zero attached hydrogens (tertiary/aromatic N) is 2. The van der Waals surface area contributed by atoms with Crippen molar-refractivity contribution < 1.29 is 9.21 Å². The van der Waals surface area contributed by atoms with Crippen molar-refractivity contribution >= 4 is 17.5 Å². The van der Waals surface area contributed by atoms with Gasteiger partial charge in [-0.3, -0.25) is 9.69 Å². The molecule has 0 saturated carbocycles. The predicted molar refractivity (Wildman–Crippen MR) is 70.4 cm³/mol. The topological polar surface area (TPSA) is 36.7 Å². The van der Waals surface area contributed by atoms with Gasteiger partial charge in [0, 0.05) is 38.0 Å². The molecule has 1 aromatic rings. The zero-order valence-electron chi connectivity index (χ0n) is 10.6. The molecule has 2 rings (SSSR count). The fourth-order valence-corrected chi connectivity index (χ4v) is 2.26. The minimum Gasteiger partial charge on any atom is -0.468 e. The highest BCUT2D eigenvalue weighted by atomic mass is 35.5. The summed E-state index contributed by atoms with van der Waals surface area (Å²) < 4.78 is 5.33. The van der Waals surface area contributed by atoms with Crippen LogP contribution in [0.3, 0.4) is 0 Å². The number of hydrogen-bond acceptors (Lipinski definition) is 3. The van der Waals surface area contributed by atoms with Gasteiger partial charge < -0.3 is 9.32 Å². The Morgan fingerprint density at radius 2 is 2.17 bits per heavy atom. The quantitative estimate of drug-likeness (QED) is 0.783. The Balaban J connectivity index is 1.79. The summed E-state index contributed by atoms with van der Waals surface area (Å²) in [5.74, 6) is 1.46. The molecule has 0 aromatic carbocycles. The third-order valence-electron chi connectivity index (χ3n) is 3.30. The van der Waals surface area contributed by atoms with E-state index >= 15 is 0 Å². The monoisotopic (exact) mass is 270 g/mol. The summed E-state index contributed by atoms with van der Waals surface area (Å²) in [5, 5.41) is 0. The molecule has 1 amide bonds. The van der Waals surface area contributed by atoms with Crippen LogP contribution in [-0.4, -0.2) is 47.8 Å². The summed E-state index contributed by atoms with van der Waals surface area (Å²) in [6.07, 6.45) is 1.69. The second-order valence-corrected chi connectivity index (χ2v) is 5.04. The Morgan fingerprint density at radius 1 is 1.44 bits per heavy atom. The van der Waals surface area contributed by atoms with Crippen molar-refractivity contribution in [3.05, 3.63) is 24.2 Å². The largest absolute Gasteiger partial charge is 0.468 e. The summed E-state index contributed by atoms with van der Waals surface area (Å²) in [6.45, 7) is 6.04. The predicted octanol–water partition coefficient (Wildman–Crippen LogP) is 1.80. The minimum absolute atomic E-state index is 0.0803. The van der Waals surface area contributed by atoms with Gasteiger partial charge in [0.1, 0.15) is 5.76 Å². The third kappa shape index (κ3) is 3.27. The molecule has 2 heterocycles. The van der Waals surface area contributed by atoms with Gasteiger partial charge in [0.2, 0.25) is 5.91 Å². The van der Waals surface area contributed by atoms with E-state index in [1.54, 1.807) is 6.26 Å². The van der Waals surface area contributed by atoms with Gasteiger partial charge in [-0.25, -0.2) is 0 Å². The molecular formula is C13H19ClN2O2. The number of furan rings is 1. The highest BCUT2D eigenvalue weighted by molar-refractivity contribution is 6.19. The number of rotatable bonds is 4. The Labute approximate surface area is 112 Å². The van der Waals surface area contributed by atoms with Gasteiger partial charge in [0.05, 0.1) is 12.8 Å². The Morgan fingerprint density at radius 3 is 2.72 bits per heavy atom. The molecule has 1 aliphatic rings. The maximum Gasteiger partial charge on any atom is 0.226 e. The van der Waals surface area contributed by atoms with Crippen molar-refractivity contribution in [2.45, 2.75) is 13.5 Å². The van der Waals surface area contributed by atoms with Crippen LogP contribution in [0.25, 0.3) is 0 Å². The lowest BCUT2D eigenvalue weighted by molar-refractivity contribution is -0.136. The average Bonchev–Trinajstić information content (AvgIpc) is 2.91. The SMILES string of the molecule is CC(CCl)C(=O)N1CCN(Cc2ccco2)CC1. The van der Waals surface area contributed by atoms with Gasteiger partial charge in [-0.05, 0) is 12.1 Å². The molecule has 0 N–H and O–H groups in total. The van der Waals surface area contributed by atoms with Crippen LogP contribution in [0.15, 0.2) is 22.8 Å². The minimum atomic E-state index is -0.0803. The van der Waals surface area contributed by atoms with Crippen LogP contribution in [0.5, 0.6) is 0 Å². The van der Waals surface area contributed by atoms with Crippen LogP contribution in [0, 0.1) is 5.92 Å². The second kappa shape index (κ2) is 6.25. The summed E-state index contributed by atoms with van der Waals surface area (Å²) in [5.41, 5.74) is 0. The van der Waals surface area contributed by atoms with Crippen molar-refractivity contribution in [3.63, 3.8) is 0 Å². The van der Waals surface area contributed by atoms with Crippen molar-refractivity contribution in [3.8, 4) is 0 Å². The van der Waals surface area contributed by atoms with Gasteiger partial charge in [-0.15, -0.1) is 11.6 Å². The molecule has 5 heteroatoms. The molecule has 1 aromatic heterocycles. The van der Waals surface area contributed by atoms with Crippen molar-refractivity contribution in [2.24, 2.45) is 5.92 Å². The standard InChI is InChI=1S/C13H19ClN2O2/c1-11(9-14)13(17)16-6-4-15(5-7-16)10-12-3-2-8-18-12/h2-3,8,11H,4-7,9-10H2,1H3. The lowest BCUT2D eigenvalue weighted by atomic mass is 10.1. The number of carbonyl (C=O) groups is 1. The highest BCUT2D eigenvalue weighted by Crippen LogP contribution is 2.11. The van der Waals surface area contributed by atoms with Gasteiger partial charge in [-0.1, -0.05) is 6.92 Å². The van der Waals surface area contributed by atoms with Crippen LogP contribution in [0.2, 0.25) is 0 Å². The number of alkyl halides is 1. The molecule has 18 heavy (non-hydrogen) atoms. The molecule has 100 valence electrons. The Bertz CT molecular complexity index is 372. The Hall–Kier alpha value is -1.00. The molecular weight excluding hydrogens is 252 g/mol. The van der Waals surface area contributed by atoms with Crippen molar-refractivity contribution in [2.75, 3.05) is 32.1 Å². The molecule has 4 nitrogen and oxygen atoms in total. The first-order chi connectivity index (χ1) is 8.70. The summed E-state index contributed by atoms with van der Waals surface area (Å²) in [4.78, 5) is 16.2. The van der Waals surface area contributed by atoms with Gasteiger partial charge >= 0.3 is 0 Å². The fourth-order valence-electron chi connectivity index (χ4n) is 2.13. The zero-order chi connectivity index (χ0) is 13.0. The van der Waals surface area contributed by atoms with Gasteiger partial charge in [-0.2, -0.15) is 0 Å². The van der Waals surface area contributed by atoms with E-state index in [2.05, 4.69) is 4.90 Å². The van der Waals surface area contributed by atoms with Crippen LogP contribution in [-0.2, 0) is 11.3 Å². The average molecular weight is 271 g/mol. The van der Waals surface area contributed by atoms with E-state index in [0.717, 1.165) is 38.5 Å². The normalized spacial score (nSPS) is 18.9. The van der Waals surface area contributed by atoms with E-state index in [1.807, 2.05) is 24.0 Å². The first kappa shape index (κ1) is 13.4. The first-order valence-corrected chi connectivity index (χ1v) is 6.83. The number of carbonyl (C=O) groups excluding carboxylic acids is 1. The Kier molecular flexibility index (Phi) is 4.66. The van der Waals surface area contributed by atoms with Crippen LogP contribution >= 0.6 is 11.6 Å². The molecule has 0 spiro atoms. The number of hydrogen-bond donors (Lipinski definition) is 0. The lowest BCUT2D eigenvalue weighted by Crippen LogP contribution is -2.49. The molecule has 0 aliphatic carbocycles. The molecule has 1 fully saturated rings. The molecule has 0 bridgehead atoms. The maximum atomic E-state index is 12.0. The van der Waals surface area contributed by atoms with E-state index in [9.17, 15) is 4.79 Å². The smallest absolute Gasteiger partial charge is 0.226 e. The summed E-state index contributed by atoms with van der Waals surface area (Å²) >= 11 is 5.72. The fraction of sp³-hybridized carbons (Fsp3) is 0.615. The lowest BCUT2D eigenvalue weighted by Gasteiger charge is -2.35. The molecule has 1 atom stereocenters. The molecule has 1 saturated heterocycles. The van der Waals surface area contributed by atoms with E-state index in [0.29, 0.717) is 5.88 Å². The number of amides is 1. The maximum absolute atomic E-state index is 12.0. The molecule has 1 aliphatic heterocycles. The van der Waals surface area contributed by atoms with Gasteiger partial charge in [0.25, 0.3) is 0 Å². The highest BCUT2D eigenvalue weighted by Gasteiger charge is 2.24. The number of piperazine rings is 1. The summed E-state index contributed by atoms with van der Waals surface area (Å²) in [6, 6.07) is 3.88.